The van der Waals surface area contributed by atoms with Gasteiger partial charge in [0, 0.05) is 25.8 Å². The van der Waals surface area contributed by atoms with Crippen LogP contribution in [-0.4, -0.2) is 36.9 Å². The number of carboxylic acid groups (broad SMARTS) is 1. The van der Waals surface area contributed by atoms with Gasteiger partial charge in [-0.15, -0.1) is 0 Å². The molecule has 110 valence electrons. The number of amides is 2. The van der Waals surface area contributed by atoms with Crippen molar-refractivity contribution in [3.8, 4) is 0 Å². The topological polar surface area (TPSA) is 87.7 Å². The molecular formula is C14H20N2O4. The van der Waals surface area contributed by atoms with E-state index in [0.717, 1.165) is 11.1 Å². The third-order valence-electron chi connectivity index (χ3n) is 3.07. The predicted molar refractivity (Wildman–Crippen MR) is 76.0 cm³/mol. The van der Waals surface area contributed by atoms with Gasteiger partial charge in [-0.2, -0.15) is 0 Å². The number of carbonyl (C=O) groups is 2. The van der Waals surface area contributed by atoms with E-state index in [0.29, 0.717) is 5.69 Å². The van der Waals surface area contributed by atoms with Crippen LogP contribution in [0.25, 0.3) is 0 Å². The van der Waals surface area contributed by atoms with Crippen molar-refractivity contribution in [2.75, 3.05) is 19.0 Å². The molecule has 0 aromatic heterocycles. The molecule has 20 heavy (non-hydrogen) atoms. The number of anilines is 1. The summed E-state index contributed by atoms with van der Waals surface area (Å²) < 4.78 is 4.82. The summed E-state index contributed by atoms with van der Waals surface area (Å²) in [5, 5.41) is 14.1. The number of ether oxygens (including phenoxy) is 1. The molecule has 0 aliphatic rings. The number of carboxylic acids is 1. The van der Waals surface area contributed by atoms with Gasteiger partial charge in [-0.25, -0.2) is 9.59 Å². The zero-order valence-corrected chi connectivity index (χ0v) is 11.9. The average molecular weight is 280 g/mol. The van der Waals surface area contributed by atoms with Crippen molar-refractivity contribution >= 4 is 17.7 Å². The molecule has 6 heteroatoms. The van der Waals surface area contributed by atoms with E-state index < -0.39 is 18.0 Å². The van der Waals surface area contributed by atoms with E-state index in [1.807, 2.05) is 26.0 Å². The number of aliphatic carboxylic acids is 1. The normalized spacial score (nSPS) is 11.8. The molecule has 0 saturated carbocycles. The molecule has 3 N–H and O–H groups in total. The highest BCUT2D eigenvalue weighted by Crippen LogP contribution is 2.17. The first-order chi connectivity index (χ1) is 9.45. The SMILES string of the molecule is COCCC(NC(=O)Nc1cccc(C)c1C)C(=O)O. The summed E-state index contributed by atoms with van der Waals surface area (Å²) in [6.07, 6.45) is 0.214. The number of carbonyl (C=O) groups excluding carboxylic acids is 1. The number of rotatable bonds is 6. The lowest BCUT2D eigenvalue weighted by Gasteiger charge is -2.16. The number of methoxy groups -OCH3 is 1. The summed E-state index contributed by atoms with van der Waals surface area (Å²) in [6, 6.07) is 4.03. The molecule has 1 unspecified atom stereocenters. The molecule has 0 heterocycles. The van der Waals surface area contributed by atoms with Crippen LogP contribution in [0.15, 0.2) is 18.2 Å². The maximum Gasteiger partial charge on any atom is 0.326 e. The summed E-state index contributed by atoms with van der Waals surface area (Å²) >= 11 is 0. The highest BCUT2D eigenvalue weighted by atomic mass is 16.5. The molecule has 6 nitrogen and oxygen atoms in total. The fourth-order valence-electron chi connectivity index (χ4n) is 1.70. The smallest absolute Gasteiger partial charge is 0.326 e. The molecule has 0 fully saturated rings. The second-order valence-corrected chi connectivity index (χ2v) is 4.52. The van der Waals surface area contributed by atoms with Gasteiger partial charge in [0.15, 0.2) is 0 Å². The van der Waals surface area contributed by atoms with E-state index in [1.54, 1.807) is 6.07 Å². The minimum absolute atomic E-state index is 0.214. The van der Waals surface area contributed by atoms with Crippen LogP contribution in [0.4, 0.5) is 10.5 Å². The lowest BCUT2D eigenvalue weighted by Crippen LogP contribution is -2.43. The number of urea groups is 1. The van der Waals surface area contributed by atoms with Crippen LogP contribution >= 0.6 is 0 Å². The van der Waals surface area contributed by atoms with Crippen LogP contribution in [0, 0.1) is 13.8 Å². The Hall–Kier alpha value is -2.08. The molecule has 0 aliphatic carbocycles. The largest absolute Gasteiger partial charge is 0.480 e. The molecule has 1 aromatic rings. The van der Waals surface area contributed by atoms with Crippen molar-refractivity contribution in [2.24, 2.45) is 0 Å². The summed E-state index contributed by atoms with van der Waals surface area (Å²) in [6.45, 7) is 4.10. The van der Waals surface area contributed by atoms with Crippen LogP contribution in [-0.2, 0) is 9.53 Å². The van der Waals surface area contributed by atoms with Gasteiger partial charge in [0.25, 0.3) is 0 Å². The molecule has 0 bridgehead atoms. The van der Waals surface area contributed by atoms with Gasteiger partial charge >= 0.3 is 12.0 Å². The molecule has 0 saturated heterocycles. The Bertz CT molecular complexity index is 488. The fraction of sp³-hybridized carbons (Fsp3) is 0.429. The molecular weight excluding hydrogens is 260 g/mol. The van der Waals surface area contributed by atoms with Gasteiger partial charge in [0.2, 0.25) is 0 Å². The van der Waals surface area contributed by atoms with E-state index in [2.05, 4.69) is 10.6 Å². The third-order valence-corrected chi connectivity index (χ3v) is 3.07. The van der Waals surface area contributed by atoms with Crippen LogP contribution in [0.2, 0.25) is 0 Å². The zero-order chi connectivity index (χ0) is 15.1. The average Bonchev–Trinajstić information content (AvgIpc) is 2.39. The summed E-state index contributed by atoms with van der Waals surface area (Å²) in [5.41, 5.74) is 2.67. The summed E-state index contributed by atoms with van der Waals surface area (Å²) in [7, 11) is 1.48. The Morgan fingerprint density at radius 3 is 2.65 bits per heavy atom. The Labute approximate surface area is 118 Å². The quantitative estimate of drug-likeness (QED) is 0.743. The highest BCUT2D eigenvalue weighted by molar-refractivity contribution is 5.93. The minimum atomic E-state index is -1.09. The highest BCUT2D eigenvalue weighted by Gasteiger charge is 2.19. The van der Waals surface area contributed by atoms with Gasteiger partial charge in [-0.3, -0.25) is 0 Å². The molecule has 1 rings (SSSR count). The minimum Gasteiger partial charge on any atom is -0.480 e. The van der Waals surface area contributed by atoms with Gasteiger partial charge in [0.1, 0.15) is 6.04 Å². The maximum atomic E-state index is 11.8. The summed E-state index contributed by atoms with van der Waals surface area (Å²) in [5.74, 6) is -1.09. The van der Waals surface area contributed by atoms with E-state index in [1.165, 1.54) is 7.11 Å². The van der Waals surface area contributed by atoms with Crippen molar-refractivity contribution in [3.63, 3.8) is 0 Å². The van der Waals surface area contributed by atoms with Crippen LogP contribution in [0.5, 0.6) is 0 Å². The van der Waals surface area contributed by atoms with Gasteiger partial charge in [0.05, 0.1) is 0 Å². The number of benzene rings is 1. The second-order valence-electron chi connectivity index (χ2n) is 4.52. The standard InChI is InChI=1S/C14H20N2O4/c1-9-5-4-6-11(10(9)2)15-14(19)16-12(13(17)18)7-8-20-3/h4-6,12H,7-8H2,1-3H3,(H,17,18)(H2,15,16,19). The van der Waals surface area contributed by atoms with Crippen LogP contribution in [0.1, 0.15) is 17.5 Å². The molecule has 1 aromatic carbocycles. The first kappa shape index (κ1) is 16.0. The molecule has 2 amide bonds. The number of hydrogen-bond acceptors (Lipinski definition) is 3. The Morgan fingerprint density at radius 2 is 2.05 bits per heavy atom. The number of nitrogens with one attached hydrogen (secondary N) is 2. The van der Waals surface area contributed by atoms with Crippen molar-refractivity contribution in [1.82, 2.24) is 5.32 Å². The van der Waals surface area contributed by atoms with E-state index in [4.69, 9.17) is 9.84 Å². The zero-order valence-electron chi connectivity index (χ0n) is 11.9. The maximum absolute atomic E-state index is 11.8. The molecule has 0 radical (unpaired) electrons. The van der Waals surface area contributed by atoms with E-state index in [9.17, 15) is 9.59 Å². The van der Waals surface area contributed by atoms with E-state index >= 15 is 0 Å². The Balaban J connectivity index is 2.66. The molecule has 1 atom stereocenters. The predicted octanol–water partition coefficient (Wildman–Crippen LogP) is 1.91. The third kappa shape index (κ3) is 4.55. The fourth-order valence-corrected chi connectivity index (χ4v) is 1.70. The number of aryl methyl sites for hydroxylation is 1. The first-order valence-corrected chi connectivity index (χ1v) is 6.31. The summed E-state index contributed by atoms with van der Waals surface area (Å²) in [4.78, 5) is 22.8. The molecule has 0 spiro atoms. The monoisotopic (exact) mass is 280 g/mol. The second kappa shape index (κ2) is 7.49. The lowest BCUT2D eigenvalue weighted by atomic mass is 10.1. The molecule has 0 aliphatic heterocycles. The first-order valence-electron chi connectivity index (χ1n) is 6.31. The van der Waals surface area contributed by atoms with Gasteiger partial charge < -0.3 is 20.5 Å². The van der Waals surface area contributed by atoms with Crippen LogP contribution in [0.3, 0.4) is 0 Å². The van der Waals surface area contributed by atoms with Crippen molar-refractivity contribution in [3.05, 3.63) is 29.3 Å². The van der Waals surface area contributed by atoms with Crippen molar-refractivity contribution in [1.29, 1.82) is 0 Å². The van der Waals surface area contributed by atoms with Crippen molar-refractivity contribution < 1.29 is 19.4 Å². The van der Waals surface area contributed by atoms with Crippen molar-refractivity contribution in [2.45, 2.75) is 26.3 Å². The Morgan fingerprint density at radius 1 is 1.35 bits per heavy atom. The van der Waals surface area contributed by atoms with Crippen LogP contribution < -0.4 is 10.6 Å². The van der Waals surface area contributed by atoms with Gasteiger partial charge in [-0.05, 0) is 31.0 Å². The van der Waals surface area contributed by atoms with Gasteiger partial charge in [-0.1, -0.05) is 12.1 Å². The lowest BCUT2D eigenvalue weighted by molar-refractivity contribution is -0.139. The van der Waals surface area contributed by atoms with E-state index in [-0.39, 0.29) is 13.0 Å². The number of hydrogen-bond donors (Lipinski definition) is 3. The Kier molecular flexibility index (Phi) is 5.99.